The number of benzene rings is 1. The third-order valence-corrected chi connectivity index (χ3v) is 4.34. The molecule has 0 N–H and O–H groups in total. The molecule has 1 aliphatic rings. The summed E-state index contributed by atoms with van der Waals surface area (Å²) in [6, 6.07) is 8.05. The summed E-state index contributed by atoms with van der Waals surface area (Å²) in [5.41, 5.74) is 2.10. The molecule has 1 fully saturated rings. The van der Waals surface area contributed by atoms with E-state index >= 15 is 0 Å². The highest BCUT2D eigenvalue weighted by Crippen LogP contribution is 2.24. The minimum atomic E-state index is -0.282. The van der Waals surface area contributed by atoms with E-state index in [1.807, 2.05) is 17.7 Å². The molecule has 6 heteroatoms. The van der Waals surface area contributed by atoms with Gasteiger partial charge < -0.3 is 9.64 Å². The lowest BCUT2D eigenvalue weighted by Crippen LogP contribution is -2.42. The fourth-order valence-corrected chi connectivity index (χ4v) is 3.13. The van der Waals surface area contributed by atoms with E-state index in [0.29, 0.717) is 25.4 Å². The highest BCUT2D eigenvalue weighted by molar-refractivity contribution is 5.92. The molecule has 25 heavy (non-hydrogen) atoms. The molecule has 1 aromatic heterocycles. The Hall–Kier alpha value is -2.21. The first-order valence-corrected chi connectivity index (χ1v) is 8.49. The topological polar surface area (TPSA) is 47.4 Å². The summed E-state index contributed by atoms with van der Waals surface area (Å²) in [4.78, 5) is 14.6. The molecule has 1 aromatic carbocycles. The zero-order valence-electron chi connectivity index (χ0n) is 15.1. The van der Waals surface area contributed by atoms with Gasteiger partial charge in [0.15, 0.2) is 5.69 Å². The summed E-state index contributed by atoms with van der Waals surface area (Å²) in [6.07, 6.45) is -0.246. The van der Waals surface area contributed by atoms with Crippen LogP contribution in [0.5, 0.6) is 0 Å². The molecule has 134 valence electrons. The van der Waals surface area contributed by atoms with Crippen molar-refractivity contribution in [1.82, 2.24) is 14.7 Å². The average Bonchev–Trinajstić information content (AvgIpc) is 2.97. The van der Waals surface area contributed by atoms with Gasteiger partial charge in [0.2, 0.25) is 0 Å². The Morgan fingerprint density at radius 1 is 1.28 bits per heavy atom. The Bertz CT molecular complexity index is 762. The van der Waals surface area contributed by atoms with Crippen LogP contribution in [0.1, 0.15) is 48.6 Å². The van der Waals surface area contributed by atoms with Crippen LogP contribution < -0.4 is 0 Å². The van der Waals surface area contributed by atoms with Crippen molar-refractivity contribution in [2.75, 3.05) is 19.7 Å². The quantitative estimate of drug-likeness (QED) is 0.839. The monoisotopic (exact) mass is 345 g/mol. The minimum absolute atomic E-state index is 0.0958. The first kappa shape index (κ1) is 17.6. The number of carbonyl (C=O) groups is 1. The van der Waals surface area contributed by atoms with Crippen molar-refractivity contribution >= 4 is 5.91 Å². The van der Waals surface area contributed by atoms with Crippen molar-refractivity contribution < 1.29 is 13.9 Å². The number of aromatic nitrogens is 2. The molecule has 5 nitrogen and oxygen atoms in total. The number of aryl methyl sites for hydroxylation is 1. The Morgan fingerprint density at radius 3 is 2.56 bits per heavy atom. The molecular formula is C19H24FN3O2. The third kappa shape index (κ3) is 3.74. The fraction of sp³-hybridized carbons (Fsp3) is 0.474. The second-order valence-corrected chi connectivity index (χ2v) is 7.42. The molecule has 1 saturated heterocycles. The predicted molar refractivity (Wildman–Crippen MR) is 93.0 cm³/mol. The summed E-state index contributed by atoms with van der Waals surface area (Å²) in [6.45, 7) is 9.54. The highest BCUT2D eigenvalue weighted by atomic mass is 19.1. The molecule has 0 radical (unpaired) electrons. The van der Waals surface area contributed by atoms with Gasteiger partial charge in [0.05, 0.1) is 18.7 Å². The van der Waals surface area contributed by atoms with Crippen molar-refractivity contribution in [3.8, 4) is 0 Å². The van der Waals surface area contributed by atoms with Crippen molar-refractivity contribution in [3.63, 3.8) is 0 Å². The molecule has 1 aliphatic heterocycles. The summed E-state index contributed by atoms with van der Waals surface area (Å²) in [5.74, 6) is -0.378. The van der Waals surface area contributed by atoms with Crippen LogP contribution in [0.3, 0.4) is 0 Å². The molecule has 0 aliphatic carbocycles. The molecule has 0 bridgehead atoms. The Kier molecular flexibility index (Phi) is 4.64. The fourth-order valence-electron chi connectivity index (χ4n) is 3.13. The zero-order chi connectivity index (χ0) is 18.2. The second-order valence-electron chi connectivity index (χ2n) is 7.42. The maximum absolute atomic E-state index is 13.1. The molecule has 1 atom stereocenters. The largest absolute Gasteiger partial charge is 0.370 e. The Labute approximate surface area is 147 Å². The van der Waals surface area contributed by atoms with Crippen LogP contribution in [-0.2, 0) is 10.3 Å². The van der Waals surface area contributed by atoms with Gasteiger partial charge in [-0.1, -0.05) is 12.1 Å². The van der Waals surface area contributed by atoms with Gasteiger partial charge in [-0.2, -0.15) is 5.10 Å². The number of ether oxygens (including phenoxy) is 1. The molecular weight excluding hydrogens is 321 g/mol. The van der Waals surface area contributed by atoms with Gasteiger partial charge in [-0.25, -0.2) is 4.39 Å². The molecule has 2 aromatic rings. The molecule has 3 rings (SSSR count). The normalized spacial score (nSPS) is 18.4. The molecule has 0 unspecified atom stereocenters. The third-order valence-electron chi connectivity index (χ3n) is 4.34. The van der Waals surface area contributed by atoms with Crippen LogP contribution in [-0.4, -0.2) is 40.3 Å². The standard InChI is InChI=1S/C19H24FN3O2/c1-13-11-16(21-23(13)19(2,3)4)18(24)22-9-10-25-17(12-22)14-5-7-15(20)8-6-14/h5-8,11,17H,9-10,12H2,1-4H3/t17-/m1/s1. The summed E-state index contributed by atoms with van der Waals surface area (Å²) in [5, 5.41) is 4.50. The van der Waals surface area contributed by atoms with Crippen molar-refractivity contribution in [2.45, 2.75) is 39.3 Å². The molecule has 1 amide bonds. The number of carbonyl (C=O) groups excluding carboxylic acids is 1. The SMILES string of the molecule is Cc1cc(C(=O)N2CCO[C@@H](c3ccc(F)cc3)C2)nn1C(C)(C)C. The Balaban J connectivity index is 1.77. The number of amides is 1. The number of nitrogens with zero attached hydrogens (tertiary/aromatic N) is 3. The van der Waals surface area contributed by atoms with Crippen LogP contribution >= 0.6 is 0 Å². The van der Waals surface area contributed by atoms with Crippen molar-refractivity contribution in [1.29, 1.82) is 0 Å². The van der Waals surface area contributed by atoms with Crippen LogP contribution in [0.4, 0.5) is 4.39 Å². The number of hydrogen-bond acceptors (Lipinski definition) is 3. The number of morpholine rings is 1. The van der Waals surface area contributed by atoms with Gasteiger partial charge in [0.25, 0.3) is 5.91 Å². The van der Waals surface area contributed by atoms with Crippen molar-refractivity contribution in [2.24, 2.45) is 0 Å². The van der Waals surface area contributed by atoms with Gasteiger partial charge in [-0.3, -0.25) is 9.48 Å². The summed E-state index contributed by atoms with van der Waals surface area (Å²) < 4.78 is 20.7. The zero-order valence-corrected chi connectivity index (χ0v) is 15.1. The van der Waals surface area contributed by atoms with E-state index in [9.17, 15) is 9.18 Å². The van der Waals surface area contributed by atoms with Crippen LogP contribution in [0, 0.1) is 12.7 Å². The van der Waals surface area contributed by atoms with Crippen LogP contribution in [0.2, 0.25) is 0 Å². The van der Waals surface area contributed by atoms with E-state index in [0.717, 1.165) is 11.3 Å². The van der Waals surface area contributed by atoms with Gasteiger partial charge in [-0.05, 0) is 51.5 Å². The van der Waals surface area contributed by atoms with Gasteiger partial charge >= 0.3 is 0 Å². The van der Waals surface area contributed by atoms with Gasteiger partial charge in [0.1, 0.15) is 11.9 Å². The Morgan fingerprint density at radius 2 is 1.96 bits per heavy atom. The number of hydrogen-bond donors (Lipinski definition) is 0. The molecule has 0 spiro atoms. The summed E-state index contributed by atoms with van der Waals surface area (Å²) >= 11 is 0. The van der Waals surface area contributed by atoms with Gasteiger partial charge in [-0.15, -0.1) is 0 Å². The van der Waals surface area contributed by atoms with Crippen LogP contribution in [0.25, 0.3) is 0 Å². The van der Waals surface area contributed by atoms with E-state index in [2.05, 4.69) is 25.9 Å². The summed E-state index contributed by atoms with van der Waals surface area (Å²) in [7, 11) is 0. The second kappa shape index (κ2) is 6.59. The van der Waals surface area contributed by atoms with E-state index in [1.54, 1.807) is 17.0 Å². The van der Waals surface area contributed by atoms with Crippen molar-refractivity contribution in [3.05, 3.63) is 53.1 Å². The number of rotatable bonds is 2. The first-order valence-electron chi connectivity index (χ1n) is 8.49. The smallest absolute Gasteiger partial charge is 0.274 e. The van der Waals surface area contributed by atoms with E-state index in [-0.39, 0.29) is 23.4 Å². The maximum atomic E-state index is 13.1. The van der Waals surface area contributed by atoms with E-state index < -0.39 is 0 Å². The lowest BCUT2D eigenvalue weighted by atomic mass is 10.1. The molecule has 2 heterocycles. The lowest BCUT2D eigenvalue weighted by molar-refractivity contribution is -0.0230. The molecule has 0 saturated carbocycles. The minimum Gasteiger partial charge on any atom is -0.370 e. The van der Waals surface area contributed by atoms with Gasteiger partial charge in [0, 0.05) is 12.2 Å². The predicted octanol–water partition coefficient (Wildman–Crippen LogP) is 3.30. The van der Waals surface area contributed by atoms with E-state index in [1.165, 1.54) is 12.1 Å². The number of halogens is 1. The highest BCUT2D eigenvalue weighted by Gasteiger charge is 2.28. The lowest BCUT2D eigenvalue weighted by Gasteiger charge is -2.32. The average molecular weight is 345 g/mol. The van der Waals surface area contributed by atoms with Crippen LogP contribution in [0.15, 0.2) is 30.3 Å². The van der Waals surface area contributed by atoms with E-state index in [4.69, 9.17) is 4.74 Å². The first-order chi connectivity index (χ1) is 11.8. The maximum Gasteiger partial charge on any atom is 0.274 e.